The predicted molar refractivity (Wildman–Crippen MR) is 71.2 cm³/mol. The summed E-state index contributed by atoms with van der Waals surface area (Å²) in [4.78, 5) is 8.05. The molecule has 1 heterocycles. The average molecular weight is 255 g/mol. The molecule has 5 heteroatoms. The van der Waals surface area contributed by atoms with E-state index in [9.17, 15) is 5.11 Å². The first-order chi connectivity index (χ1) is 8.26. The van der Waals surface area contributed by atoms with E-state index in [-0.39, 0.29) is 12.1 Å². The second-order valence-electron chi connectivity index (χ2n) is 4.04. The highest BCUT2D eigenvalue weighted by Gasteiger charge is 2.23. The summed E-state index contributed by atoms with van der Waals surface area (Å²) >= 11 is 1.73. The van der Waals surface area contributed by atoms with Gasteiger partial charge >= 0.3 is 0 Å². The van der Waals surface area contributed by atoms with Crippen LogP contribution < -0.4 is 5.32 Å². The number of hydrogen-bond acceptors (Lipinski definition) is 5. The standard InChI is InChI=1S/C12H21N3OS/c1-3-12(9-16,13-2)6-4-8-17-11-5-7-14-10-15-11/h5,7,10,13,16H,3-4,6,8-9H2,1-2H3. The van der Waals surface area contributed by atoms with Gasteiger partial charge in [0.05, 0.1) is 11.6 Å². The van der Waals surface area contributed by atoms with Crippen LogP contribution in [0, 0.1) is 0 Å². The summed E-state index contributed by atoms with van der Waals surface area (Å²) in [6, 6.07) is 1.92. The van der Waals surface area contributed by atoms with Crippen molar-refractivity contribution < 1.29 is 5.11 Å². The van der Waals surface area contributed by atoms with Gasteiger partial charge in [0.2, 0.25) is 0 Å². The molecule has 2 N–H and O–H groups in total. The van der Waals surface area contributed by atoms with Gasteiger partial charge in [0.25, 0.3) is 0 Å². The van der Waals surface area contributed by atoms with Crippen LogP contribution in [0.4, 0.5) is 0 Å². The van der Waals surface area contributed by atoms with Crippen LogP contribution in [0.5, 0.6) is 0 Å². The zero-order chi connectivity index (χ0) is 12.6. The zero-order valence-electron chi connectivity index (χ0n) is 10.5. The minimum atomic E-state index is -0.119. The lowest BCUT2D eigenvalue weighted by atomic mass is 9.92. The fourth-order valence-corrected chi connectivity index (χ4v) is 2.48. The normalized spacial score (nSPS) is 14.5. The van der Waals surface area contributed by atoms with E-state index in [1.807, 2.05) is 13.1 Å². The Balaban J connectivity index is 2.28. The molecular formula is C12H21N3OS. The number of aromatic nitrogens is 2. The number of aliphatic hydroxyl groups is 1. The Hall–Kier alpha value is -0.650. The zero-order valence-corrected chi connectivity index (χ0v) is 11.3. The average Bonchev–Trinajstić information content (AvgIpc) is 2.41. The third-order valence-corrected chi connectivity index (χ3v) is 4.14. The molecule has 0 spiro atoms. The number of rotatable bonds is 8. The largest absolute Gasteiger partial charge is 0.394 e. The summed E-state index contributed by atoms with van der Waals surface area (Å²) in [5.74, 6) is 1.01. The molecule has 0 amide bonds. The lowest BCUT2D eigenvalue weighted by Crippen LogP contribution is -2.45. The van der Waals surface area contributed by atoms with Crippen LogP contribution in [0.25, 0.3) is 0 Å². The molecule has 0 saturated heterocycles. The van der Waals surface area contributed by atoms with Gasteiger partial charge in [-0.3, -0.25) is 0 Å². The monoisotopic (exact) mass is 255 g/mol. The van der Waals surface area contributed by atoms with E-state index in [1.54, 1.807) is 24.3 Å². The van der Waals surface area contributed by atoms with Gasteiger partial charge in [0, 0.05) is 11.7 Å². The first kappa shape index (κ1) is 14.4. The molecule has 4 nitrogen and oxygen atoms in total. The molecule has 1 rings (SSSR count). The highest BCUT2D eigenvalue weighted by molar-refractivity contribution is 7.99. The van der Waals surface area contributed by atoms with Crippen molar-refractivity contribution in [2.75, 3.05) is 19.4 Å². The molecule has 0 aliphatic carbocycles. The topological polar surface area (TPSA) is 58.0 Å². The van der Waals surface area contributed by atoms with Crippen LogP contribution in [0.2, 0.25) is 0 Å². The highest BCUT2D eigenvalue weighted by atomic mass is 32.2. The van der Waals surface area contributed by atoms with Gasteiger partial charge in [0.1, 0.15) is 6.33 Å². The molecule has 0 radical (unpaired) electrons. The maximum absolute atomic E-state index is 9.40. The summed E-state index contributed by atoms with van der Waals surface area (Å²) in [7, 11) is 1.91. The molecule has 96 valence electrons. The number of hydrogen-bond donors (Lipinski definition) is 2. The minimum Gasteiger partial charge on any atom is -0.394 e. The summed E-state index contributed by atoms with van der Waals surface area (Å²) in [6.45, 7) is 2.29. The predicted octanol–water partition coefficient (Wildman–Crippen LogP) is 1.71. The molecule has 17 heavy (non-hydrogen) atoms. The molecular weight excluding hydrogens is 234 g/mol. The Kier molecular flexibility index (Phi) is 6.47. The van der Waals surface area contributed by atoms with E-state index in [0.717, 1.165) is 30.0 Å². The van der Waals surface area contributed by atoms with Crippen LogP contribution in [0.1, 0.15) is 26.2 Å². The van der Waals surface area contributed by atoms with Crippen LogP contribution in [0.3, 0.4) is 0 Å². The van der Waals surface area contributed by atoms with Gasteiger partial charge in [-0.15, -0.1) is 11.8 Å². The van der Waals surface area contributed by atoms with E-state index in [2.05, 4.69) is 22.2 Å². The lowest BCUT2D eigenvalue weighted by molar-refractivity contribution is 0.154. The van der Waals surface area contributed by atoms with Gasteiger partial charge < -0.3 is 10.4 Å². The lowest BCUT2D eigenvalue weighted by Gasteiger charge is -2.30. The third kappa shape index (κ3) is 4.61. The summed E-state index contributed by atoms with van der Waals surface area (Å²) in [5.41, 5.74) is -0.119. The van der Waals surface area contributed by atoms with E-state index in [0.29, 0.717) is 0 Å². The molecule has 0 fully saturated rings. The fourth-order valence-electron chi connectivity index (χ4n) is 1.70. The van der Waals surface area contributed by atoms with E-state index >= 15 is 0 Å². The summed E-state index contributed by atoms with van der Waals surface area (Å²) < 4.78 is 0. The Morgan fingerprint density at radius 1 is 1.53 bits per heavy atom. The van der Waals surface area contributed by atoms with Crippen molar-refractivity contribution in [1.82, 2.24) is 15.3 Å². The SMILES string of the molecule is CCC(CO)(CCCSc1ccncn1)NC. The van der Waals surface area contributed by atoms with Crippen LogP contribution >= 0.6 is 11.8 Å². The molecule has 1 aromatic heterocycles. The van der Waals surface area contributed by atoms with Crippen molar-refractivity contribution in [2.45, 2.75) is 36.8 Å². The molecule has 0 aliphatic heterocycles. The molecule has 1 atom stereocenters. The smallest absolute Gasteiger partial charge is 0.116 e. The van der Waals surface area contributed by atoms with Crippen LogP contribution in [-0.4, -0.2) is 40.0 Å². The number of likely N-dealkylation sites (N-methyl/N-ethyl adjacent to an activating group) is 1. The highest BCUT2D eigenvalue weighted by Crippen LogP contribution is 2.21. The molecule has 0 saturated carbocycles. The van der Waals surface area contributed by atoms with Crippen molar-refractivity contribution in [3.8, 4) is 0 Å². The van der Waals surface area contributed by atoms with Crippen molar-refractivity contribution in [2.24, 2.45) is 0 Å². The minimum absolute atomic E-state index is 0.119. The molecule has 1 unspecified atom stereocenters. The Bertz CT molecular complexity index is 296. The fraction of sp³-hybridized carbons (Fsp3) is 0.667. The molecule has 0 aliphatic rings. The Morgan fingerprint density at radius 3 is 2.88 bits per heavy atom. The molecule has 0 bridgehead atoms. The number of aliphatic hydroxyl groups excluding tert-OH is 1. The van der Waals surface area contributed by atoms with Crippen molar-refractivity contribution in [1.29, 1.82) is 0 Å². The Labute approximate surface area is 107 Å². The first-order valence-electron chi connectivity index (χ1n) is 5.95. The first-order valence-corrected chi connectivity index (χ1v) is 6.93. The van der Waals surface area contributed by atoms with Crippen LogP contribution in [-0.2, 0) is 0 Å². The Morgan fingerprint density at radius 2 is 2.35 bits per heavy atom. The second-order valence-corrected chi connectivity index (χ2v) is 5.16. The van der Waals surface area contributed by atoms with Crippen LogP contribution in [0.15, 0.2) is 23.6 Å². The third-order valence-electron chi connectivity index (χ3n) is 3.11. The van der Waals surface area contributed by atoms with Gasteiger partial charge in [-0.05, 0) is 38.1 Å². The summed E-state index contributed by atoms with van der Waals surface area (Å²) in [5, 5.41) is 13.6. The van der Waals surface area contributed by atoms with E-state index in [4.69, 9.17) is 0 Å². The van der Waals surface area contributed by atoms with Gasteiger partial charge in [-0.2, -0.15) is 0 Å². The van der Waals surface area contributed by atoms with E-state index in [1.165, 1.54) is 0 Å². The van der Waals surface area contributed by atoms with Crippen molar-refractivity contribution >= 4 is 11.8 Å². The summed E-state index contributed by atoms with van der Waals surface area (Å²) in [6.07, 6.45) is 6.31. The molecule has 1 aromatic rings. The van der Waals surface area contributed by atoms with Gasteiger partial charge in [-0.1, -0.05) is 6.92 Å². The van der Waals surface area contributed by atoms with Gasteiger partial charge in [0.15, 0.2) is 0 Å². The second kappa shape index (κ2) is 7.63. The number of nitrogens with zero attached hydrogens (tertiary/aromatic N) is 2. The van der Waals surface area contributed by atoms with E-state index < -0.39 is 0 Å². The number of nitrogens with one attached hydrogen (secondary N) is 1. The van der Waals surface area contributed by atoms with Crippen molar-refractivity contribution in [3.05, 3.63) is 18.6 Å². The maximum atomic E-state index is 9.40. The molecule has 0 aromatic carbocycles. The van der Waals surface area contributed by atoms with Crippen molar-refractivity contribution in [3.63, 3.8) is 0 Å². The number of thioether (sulfide) groups is 1. The quantitative estimate of drug-likeness (QED) is 0.421. The maximum Gasteiger partial charge on any atom is 0.116 e. The van der Waals surface area contributed by atoms with Gasteiger partial charge in [-0.25, -0.2) is 9.97 Å².